The number of hydrogen-bond acceptors (Lipinski definition) is 4. The van der Waals surface area contributed by atoms with Crippen LogP contribution in [0.1, 0.15) is 37.7 Å². The zero-order valence-corrected chi connectivity index (χ0v) is 13.6. The number of anilines is 1. The molecule has 0 aromatic carbocycles. The van der Waals surface area contributed by atoms with Crippen molar-refractivity contribution in [3.05, 3.63) is 23.9 Å². The highest BCUT2D eigenvalue weighted by Gasteiger charge is 2.38. The lowest BCUT2D eigenvalue weighted by Crippen LogP contribution is -2.38. The summed E-state index contributed by atoms with van der Waals surface area (Å²) in [6, 6.07) is 4.51. The fourth-order valence-electron chi connectivity index (χ4n) is 4.43. The van der Waals surface area contributed by atoms with E-state index in [1.165, 1.54) is 76.9 Å². The summed E-state index contributed by atoms with van der Waals surface area (Å²) in [5, 5.41) is 3.50. The summed E-state index contributed by atoms with van der Waals surface area (Å²) in [5.74, 6) is 1.16. The molecular formula is C18H28N4. The molecule has 120 valence electrons. The fraction of sp³-hybridized carbons (Fsp3) is 0.722. The van der Waals surface area contributed by atoms with Gasteiger partial charge in [-0.05, 0) is 68.8 Å². The van der Waals surface area contributed by atoms with Crippen LogP contribution in [0.5, 0.6) is 0 Å². The highest BCUT2D eigenvalue weighted by molar-refractivity contribution is 5.40. The molecule has 1 N–H and O–H groups in total. The van der Waals surface area contributed by atoms with Crippen LogP contribution in [0.2, 0.25) is 0 Å². The Hall–Kier alpha value is -1.13. The van der Waals surface area contributed by atoms with Gasteiger partial charge in [-0.2, -0.15) is 0 Å². The van der Waals surface area contributed by atoms with Crippen molar-refractivity contribution in [1.29, 1.82) is 0 Å². The van der Waals surface area contributed by atoms with Crippen LogP contribution < -0.4 is 10.2 Å². The molecule has 0 unspecified atom stereocenters. The Labute approximate surface area is 133 Å². The van der Waals surface area contributed by atoms with Crippen LogP contribution in [0, 0.1) is 5.41 Å². The van der Waals surface area contributed by atoms with Crippen LogP contribution in [0.15, 0.2) is 18.3 Å². The van der Waals surface area contributed by atoms with Crippen LogP contribution in [0.25, 0.3) is 0 Å². The standard InChI is InChI=1S/C18H28N4/c1-2-11-22(10-1)17-4-3-16(13-20-17)14-21-12-7-18(15-21)5-8-19-9-6-18/h3-4,13,19H,1-2,5-12,14-15H2. The Kier molecular flexibility index (Phi) is 4.05. The van der Waals surface area contributed by atoms with Gasteiger partial charge in [0, 0.05) is 32.4 Å². The lowest BCUT2D eigenvalue weighted by molar-refractivity contribution is 0.194. The maximum absolute atomic E-state index is 4.70. The average Bonchev–Trinajstić information content (AvgIpc) is 3.20. The van der Waals surface area contributed by atoms with Gasteiger partial charge < -0.3 is 10.2 Å². The highest BCUT2D eigenvalue weighted by atomic mass is 15.2. The number of pyridine rings is 1. The van der Waals surface area contributed by atoms with Gasteiger partial charge in [0.15, 0.2) is 0 Å². The molecule has 3 aliphatic heterocycles. The first-order valence-corrected chi connectivity index (χ1v) is 8.96. The SMILES string of the molecule is c1cc(N2CCCC2)ncc1CN1CCC2(CCNCC2)C1. The number of hydrogen-bond donors (Lipinski definition) is 1. The summed E-state index contributed by atoms with van der Waals surface area (Å²) in [6.45, 7) is 8.38. The number of piperidine rings is 1. The van der Waals surface area contributed by atoms with Gasteiger partial charge in [-0.25, -0.2) is 4.98 Å². The van der Waals surface area contributed by atoms with Crippen molar-refractivity contribution < 1.29 is 0 Å². The third-order valence-corrected chi connectivity index (χ3v) is 5.83. The topological polar surface area (TPSA) is 31.4 Å². The Morgan fingerprint density at radius 1 is 1.05 bits per heavy atom. The Morgan fingerprint density at radius 3 is 2.59 bits per heavy atom. The van der Waals surface area contributed by atoms with E-state index in [1.807, 2.05) is 0 Å². The molecule has 0 bridgehead atoms. The van der Waals surface area contributed by atoms with Gasteiger partial charge in [0.1, 0.15) is 5.82 Å². The number of nitrogens with one attached hydrogen (secondary N) is 1. The van der Waals surface area contributed by atoms with E-state index in [2.05, 4.69) is 33.4 Å². The van der Waals surface area contributed by atoms with Crippen LogP contribution in [-0.4, -0.2) is 49.2 Å². The quantitative estimate of drug-likeness (QED) is 0.928. The van der Waals surface area contributed by atoms with Crippen molar-refractivity contribution in [1.82, 2.24) is 15.2 Å². The normalized spacial score (nSPS) is 25.2. The summed E-state index contributed by atoms with van der Waals surface area (Å²) in [5.41, 5.74) is 1.97. The molecule has 4 heterocycles. The van der Waals surface area contributed by atoms with Gasteiger partial charge in [-0.15, -0.1) is 0 Å². The van der Waals surface area contributed by atoms with Crippen LogP contribution >= 0.6 is 0 Å². The molecule has 0 amide bonds. The van der Waals surface area contributed by atoms with Gasteiger partial charge in [0.25, 0.3) is 0 Å². The van der Waals surface area contributed by atoms with E-state index in [4.69, 9.17) is 4.98 Å². The van der Waals surface area contributed by atoms with Crippen molar-refractivity contribution in [3.8, 4) is 0 Å². The third-order valence-electron chi connectivity index (χ3n) is 5.83. The first-order valence-electron chi connectivity index (χ1n) is 8.96. The van der Waals surface area contributed by atoms with Gasteiger partial charge in [-0.3, -0.25) is 4.90 Å². The maximum atomic E-state index is 4.70. The van der Waals surface area contributed by atoms with Crippen LogP contribution in [0.3, 0.4) is 0 Å². The van der Waals surface area contributed by atoms with Crippen LogP contribution in [0.4, 0.5) is 5.82 Å². The summed E-state index contributed by atoms with van der Waals surface area (Å²) in [4.78, 5) is 9.74. The number of likely N-dealkylation sites (tertiary alicyclic amines) is 1. The van der Waals surface area contributed by atoms with Crippen molar-refractivity contribution >= 4 is 5.82 Å². The lowest BCUT2D eigenvalue weighted by atomic mass is 9.78. The predicted octanol–water partition coefficient (Wildman–Crippen LogP) is 2.26. The Balaban J connectivity index is 1.35. The van der Waals surface area contributed by atoms with Crippen molar-refractivity contribution in [2.45, 2.75) is 38.6 Å². The molecule has 1 aromatic rings. The molecule has 0 saturated carbocycles. The molecule has 4 rings (SSSR count). The molecule has 0 atom stereocenters. The van der Waals surface area contributed by atoms with E-state index < -0.39 is 0 Å². The van der Waals surface area contributed by atoms with Gasteiger partial charge in [0.2, 0.25) is 0 Å². The van der Waals surface area contributed by atoms with E-state index in [-0.39, 0.29) is 0 Å². The minimum atomic E-state index is 0.605. The first-order chi connectivity index (χ1) is 10.8. The van der Waals surface area contributed by atoms with Crippen molar-refractivity contribution in [2.24, 2.45) is 5.41 Å². The molecule has 4 nitrogen and oxygen atoms in total. The predicted molar refractivity (Wildman–Crippen MR) is 90.1 cm³/mol. The van der Waals surface area contributed by atoms with E-state index in [1.54, 1.807) is 0 Å². The molecule has 3 aliphatic rings. The van der Waals surface area contributed by atoms with Gasteiger partial charge >= 0.3 is 0 Å². The Bertz CT molecular complexity index is 486. The molecule has 1 aromatic heterocycles. The summed E-state index contributed by atoms with van der Waals surface area (Å²) >= 11 is 0. The first kappa shape index (κ1) is 14.5. The van der Waals surface area contributed by atoms with Gasteiger partial charge in [-0.1, -0.05) is 6.07 Å². The van der Waals surface area contributed by atoms with Crippen LogP contribution in [-0.2, 0) is 6.54 Å². The lowest BCUT2D eigenvalue weighted by Gasteiger charge is -2.33. The molecule has 0 aliphatic carbocycles. The van der Waals surface area contributed by atoms with Crippen molar-refractivity contribution in [3.63, 3.8) is 0 Å². The third kappa shape index (κ3) is 2.99. The van der Waals surface area contributed by atoms with Gasteiger partial charge in [0.05, 0.1) is 0 Å². The molecule has 3 saturated heterocycles. The summed E-state index contributed by atoms with van der Waals surface area (Å²) < 4.78 is 0. The van der Waals surface area contributed by atoms with E-state index >= 15 is 0 Å². The molecule has 0 radical (unpaired) electrons. The highest BCUT2D eigenvalue weighted by Crippen LogP contribution is 2.39. The number of aromatic nitrogens is 1. The van der Waals surface area contributed by atoms with E-state index in [9.17, 15) is 0 Å². The second-order valence-corrected chi connectivity index (χ2v) is 7.43. The molecule has 4 heteroatoms. The summed E-state index contributed by atoms with van der Waals surface area (Å²) in [6.07, 6.45) is 8.82. The number of nitrogens with zero attached hydrogens (tertiary/aromatic N) is 3. The number of rotatable bonds is 3. The van der Waals surface area contributed by atoms with E-state index in [0.29, 0.717) is 5.41 Å². The van der Waals surface area contributed by atoms with Crippen molar-refractivity contribution in [2.75, 3.05) is 44.2 Å². The molecule has 22 heavy (non-hydrogen) atoms. The fourth-order valence-corrected chi connectivity index (χ4v) is 4.43. The minimum absolute atomic E-state index is 0.605. The molecule has 3 fully saturated rings. The Morgan fingerprint density at radius 2 is 1.86 bits per heavy atom. The molecule has 1 spiro atoms. The minimum Gasteiger partial charge on any atom is -0.357 e. The zero-order valence-electron chi connectivity index (χ0n) is 13.6. The molecular weight excluding hydrogens is 272 g/mol. The van der Waals surface area contributed by atoms with E-state index in [0.717, 1.165) is 12.4 Å². The summed E-state index contributed by atoms with van der Waals surface area (Å²) in [7, 11) is 0. The zero-order chi connectivity index (χ0) is 14.8. The average molecular weight is 300 g/mol. The second-order valence-electron chi connectivity index (χ2n) is 7.43. The smallest absolute Gasteiger partial charge is 0.128 e. The second kappa shape index (κ2) is 6.17. The monoisotopic (exact) mass is 300 g/mol. The largest absolute Gasteiger partial charge is 0.357 e. The maximum Gasteiger partial charge on any atom is 0.128 e.